The number of ether oxygens (including phenoxy) is 1. The number of furan rings is 1. The summed E-state index contributed by atoms with van der Waals surface area (Å²) in [6.45, 7) is 0. The molecular formula is C17H11BrClIN2O4. The summed E-state index contributed by atoms with van der Waals surface area (Å²) in [5.74, 6) is -0.306. The van der Waals surface area contributed by atoms with Crippen molar-refractivity contribution in [3.63, 3.8) is 0 Å². The van der Waals surface area contributed by atoms with E-state index in [-0.39, 0.29) is 17.3 Å². The standard InChI is InChI=1S/C17H11BrClIN2O4/c1-25-13-6-11(19)3-9(15(13)23)7-21-22-17(24)14-4-8-2-10(18)5-12(20)16(8)26-14/h2-7,23H,1H3,(H,22,24)/b21-7-. The summed E-state index contributed by atoms with van der Waals surface area (Å²) in [7, 11) is 1.41. The molecule has 0 aliphatic carbocycles. The lowest BCUT2D eigenvalue weighted by molar-refractivity contribution is 0.0929. The van der Waals surface area contributed by atoms with Gasteiger partial charge < -0.3 is 14.3 Å². The third-order valence-corrected chi connectivity index (χ3v) is 4.90. The minimum Gasteiger partial charge on any atom is -0.504 e. The van der Waals surface area contributed by atoms with Gasteiger partial charge in [-0.05, 0) is 46.9 Å². The van der Waals surface area contributed by atoms with Gasteiger partial charge in [-0.15, -0.1) is 0 Å². The largest absolute Gasteiger partial charge is 0.504 e. The first-order valence-electron chi connectivity index (χ1n) is 7.17. The highest BCUT2D eigenvalue weighted by Crippen LogP contribution is 2.32. The molecule has 6 nitrogen and oxygen atoms in total. The van der Waals surface area contributed by atoms with E-state index in [9.17, 15) is 9.90 Å². The SMILES string of the molecule is COc1cc(Cl)cc(/C=N\NC(=O)c2cc3cc(Br)cc(I)c3o2)c1O. The highest BCUT2D eigenvalue weighted by Gasteiger charge is 2.14. The summed E-state index contributed by atoms with van der Waals surface area (Å²) < 4.78 is 12.4. The van der Waals surface area contributed by atoms with Crippen molar-refractivity contribution >= 4 is 73.2 Å². The van der Waals surface area contributed by atoms with Crippen LogP contribution in [0.25, 0.3) is 11.0 Å². The normalized spacial score (nSPS) is 11.2. The van der Waals surface area contributed by atoms with Crippen LogP contribution in [0, 0.1) is 3.57 Å². The van der Waals surface area contributed by atoms with Crippen molar-refractivity contribution in [1.29, 1.82) is 0 Å². The van der Waals surface area contributed by atoms with E-state index in [0.29, 0.717) is 16.2 Å². The summed E-state index contributed by atoms with van der Waals surface area (Å²) in [6, 6.07) is 8.35. The van der Waals surface area contributed by atoms with Gasteiger partial charge in [-0.3, -0.25) is 4.79 Å². The first-order valence-corrected chi connectivity index (χ1v) is 9.42. The van der Waals surface area contributed by atoms with Crippen LogP contribution < -0.4 is 10.2 Å². The molecule has 134 valence electrons. The smallest absolute Gasteiger partial charge is 0.307 e. The molecule has 0 saturated heterocycles. The Morgan fingerprint density at radius 1 is 1.38 bits per heavy atom. The number of hydrazone groups is 1. The molecule has 2 aromatic carbocycles. The van der Waals surface area contributed by atoms with Crippen LogP contribution in [-0.2, 0) is 0 Å². The molecule has 3 rings (SSSR count). The van der Waals surface area contributed by atoms with E-state index in [1.807, 2.05) is 12.1 Å². The molecule has 0 atom stereocenters. The van der Waals surface area contributed by atoms with Gasteiger partial charge in [0.2, 0.25) is 0 Å². The molecule has 0 aliphatic heterocycles. The zero-order valence-corrected chi connectivity index (χ0v) is 17.7. The number of carbonyl (C=O) groups is 1. The maximum absolute atomic E-state index is 12.2. The van der Waals surface area contributed by atoms with Crippen molar-refractivity contribution in [3.05, 3.63) is 54.7 Å². The van der Waals surface area contributed by atoms with E-state index in [1.165, 1.54) is 25.5 Å². The molecule has 0 fully saturated rings. The Kier molecular flexibility index (Phi) is 5.73. The maximum atomic E-state index is 12.2. The fraction of sp³-hybridized carbons (Fsp3) is 0.0588. The number of hydrogen-bond acceptors (Lipinski definition) is 5. The third kappa shape index (κ3) is 3.97. The van der Waals surface area contributed by atoms with Crippen LogP contribution in [0.15, 0.2) is 44.3 Å². The molecule has 1 amide bonds. The topological polar surface area (TPSA) is 84.1 Å². The minimum atomic E-state index is -0.516. The molecule has 0 aliphatic rings. The van der Waals surface area contributed by atoms with Crippen LogP contribution in [0.3, 0.4) is 0 Å². The lowest BCUT2D eigenvalue weighted by atomic mass is 10.2. The van der Waals surface area contributed by atoms with E-state index in [2.05, 4.69) is 49.0 Å². The van der Waals surface area contributed by atoms with E-state index < -0.39 is 5.91 Å². The number of nitrogens with one attached hydrogen (secondary N) is 1. The highest BCUT2D eigenvalue weighted by atomic mass is 127. The lowest BCUT2D eigenvalue weighted by Gasteiger charge is -2.06. The molecule has 0 bridgehead atoms. The molecule has 0 spiro atoms. The number of phenolic OH excluding ortho intramolecular Hbond substituents is 1. The van der Waals surface area contributed by atoms with Crippen LogP contribution in [0.2, 0.25) is 5.02 Å². The second kappa shape index (κ2) is 7.85. The van der Waals surface area contributed by atoms with Crippen molar-refractivity contribution in [2.75, 3.05) is 7.11 Å². The molecule has 1 aromatic heterocycles. The average Bonchev–Trinajstić information content (AvgIpc) is 3.01. The molecule has 26 heavy (non-hydrogen) atoms. The highest BCUT2D eigenvalue weighted by molar-refractivity contribution is 14.1. The molecular weight excluding hydrogens is 538 g/mol. The molecule has 1 heterocycles. The molecule has 9 heteroatoms. The summed E-state index contributed by atoms with van der Waals surface area (Å²) in [4.78, 5) is 12.2. The van der Waals surface area contributed by atoms with Gasteiger partial charge >= 0.3 is 5.91 Å². The Morgan fingerprint density at radius 3 is 2.88 bits per heavy atom. The second-order valence-corrected chi connectivity index (χ2v) is 7.68. The van der Waals surface area contributed by atoms with Gasteiger partial charge in [0.15, 0.2) is 17.3 Å². The van der Waals surface area contributed by atoms with Gasteiger partial charge in [0.05, 0.1) is 16.9 Å². The number of benzene rings is 2. The zero-order chi connectivity index (χ0) is 18.8. The van der Waals surface area contributed by atoms with E-state index in [1.54, 1.807) is 6.07 Å². The molecule has 2 N–H and O–H groups in total. The predicted molar refractivity (Wildman–Crippen MR) is 111 cm³/mol. The Bertz CT molecular complexity index is 1040. The Morgan fingerprint density at radius 2 is 2.15 bits per heavy atom. The van der Waals surface area contributed by atoms with Gasteiger partial charge in [-0.2, -0.15) is 5.10 Å². The Hall–Kier alpha value is -1.78. The Balaban J connectivity index is 1.80. The van der Waals surface area contributed by atoms with Gasteiger partial charge in [-0.25, -0.2) is 5.43 Å². The van der Waals surface area contributed by atoms with Crippen LogP contribution >= 0.6 is 50.1 Å². The number of methoxy groups -OCH3 is 1. The van der Waals surface area contributed by atoms with Gasteiger partial charge in [-0.1, -0.05) is 27.5 Å². The number of aromatic hydroxyl groups is 1. The number of fused-ring (bicyclic) bond motifs is 1. The van der Waals surface area contributed by atoms with Crippen molar-refractivity contribution in [3.8, 4) is 11.5 Å². The quantitative estimate of drug-likeness (QED) is 0.275. The first-order chi connectivity index (χ1) is 12.4. The summed E-state index contributed by atoms with van der Waals surface area (Å²) in [5.41, 5.74) is 3.28. The number of hydrogen-bond donors (Lipinski definition) is 2. The van der Waals surface area contributed by atoms with Crippen molar-refractivity contribution < 1.29 is 19.1 Å². The predicted octanol–water partition coefficient (Wildman–Crippen LogP) is 4.93. The monoisotopic (exact) mass is 548 g/mol. The van der Waals surface area contributed by atoms with Gasteiger partial charge in [0.1, 0.15) is 5.58 Å². The molecule has 0 unspecified atom stereocenters. The van der Waals surface area contributed by atoms with Crippen LogP contribution in [-0.4, -0.2) is 24.3 Å². The maximum Gasteiger partial charge on any atom is 0.307 e. The fourth-order valence-corrected chi connectivity index (χ4v) is 4.13. The van der Waals surface area contributed by atoms with Crippen LogP contribution in [0.4, 0.5) is 0 Å². The number of nitrogens with zero attached hydrogens (tertiary/aromatic N) is 1. The first kappa shape index (κ1) is 19.0. The number of halogens is 3. The summed E-state index contributed by atoms with van der Waals surface area (Å²) in [5, 5.41) is 15.0. The molecule has 0 radical (unpaired) electrons. The van der Waals surface area contributed by atoms with E-state index >= 15 is 0 Å². The average molecular weight is 550 g/mol. The molecule has 3 aromatic rings. The number of phenols is 1. The van der Waals surface area contributed by atoms with Crippen molar-refractivity contribution in [1.82, 2.24) is 5.43 Å². The number of amides is 1. The zero-order valence-electron chi connectivity index (χ0n) is 13.2. The van der Waals surface area contributed by atoms with Gasteiger partial charge in [0, 0.05) is 26.5 Å². The second-order valence-electron chi connectivity index (χ2n) is 5.16. The van der Waals surface area contributed by atoms with Crippen molar-refractivity contribution in [2.45, 2.75) is 0 Å². The summed E-state index contributed by atoms with van der Waals surface area (Å²) in [6.07, 6.45) is 1.27. The van der Waals surface area contributed by atoms with Crippen LogP contribution in [0.1, 0.15) is 16.1 Å². The number of rotatable bonds is 4. The Labute approximate surface area is 175 Å². The summed E-state index contributed by atoms with van der Waals surface area (Å²) >= 11 is 11.5. The van der Waals surface area contributed by atoms with E-state index in [4.69, 9.17) is 20.8 Å². The molecule has 0 saturated carbocycles. The lowest BCUT2D eigenvalue weighted by Crippen LogP contribution is -2.16. The number of carbonyl (C=O) groups excluding carboxylic acids is 1. The third-order valence-electron chi connectivity index (χ3n) is 3.42. The van der Waals surface area contributed by atoms with Crippen molar-refractivity contribution in [2.24, 2.45) is 5.10 Å². The van der Waals surface area contributed by atoms with Crippen LogP contribution in [0.5, 0.6) is 11.5 Å². The van der Waals surface area contributed by atoms with Gasteiger partial charge in [0.25, 0.3) is 0 Å². The fourth-order valence-electron chi connectivity index (χ4n) is 2.25. The van der Waals surface area contributed by atoms with E-state index in [0.717, 1.165) is 13.4 Å². The minimum absolute atomic E-state index is 0.126.